The van der Waals surface area contributed by atoms with E-state index in [0.29, 0.717) is 18.7 Å². The maximum Gasteiger partial charge on any atom is 0.220 e. The molecule has 0 bridgehead atoms. The summed E-state index contributed by atoms with van der Waals surface area (Å²) in [6.07, 6.45) is 2.98. The van der Waals surface area contributed by atoms with Crippen LogP contribution in [0.2, 0.25) is 0 Å². The highest BCUT2D eigenvalue weighted by molar-refractivity contribution is 5.75. The largest absolute Gasteiger partial charge is 0.360 e. The van der Waals surface area contributed by atoms with Gasteiger partial charge in [-0.2, -0.15) is 0 Å². The monoisotopic (exact) mass is 168 g/mol. The van der Waals surface area contributed by atoms with E-state index in [1.807, 2.05) is 6.92 Å². The summed E-state index contributed by atoms with van der Waals surface area (Å²) in [7, 11) is 0. The summed E-state index contributed by atoms with van der Waals surface area (Å²) < 4.78 is 4.80. The van der Waals surface area contributed by atoms with Crippen LogP contribution in [0.4, 0.5) is 0 Å². The van der Waals surface area contributed by atoms with E-state index in [1.54, 1.807) is 12.3 Å². The topological polar surface area (TPSA) is 55.1 Å². The molecule has 12 heavy (non-hydrogen) atoms. The number of carbonyl (C=O) groups excluding carboxylic acids is 1. The van der Waals surface area contributed by atoms with E-state index in [0.717, 1.165) is 6.42 Å². The maximum absolute atomic E-state index is 11.0. The summed E-state index contributed by atoms with van der Waals surface area (Å²) >= 11 is 0. The van der Waals surface area contributed by atoms with Crippen LogP contribution in [-0.4, -0.2) is 11.1 Å². The van der Waals surface area contributed by atoms with Gasteiger partial charge < -0.3 is 9.84 Å². The second-order valence-electron chi connectivity index (χ2n) is 2.51. The van der Waals surface area contributed by atoms with Crippen LogP contribution in [0.3, 0.4) is 0 Å². The smallest absolute Gasteiger partial charge is 0.220 e. The lowest BCUT2D eigenvalue weighted by atomic mass is 10.3. The summed E-state index contributed by atoms with van der Waals surface area (Å²) in [6, 6.07) is 1.73. The fourth-order valence-corrected chi connectivity index (χ4v) is 0.834. The van der Waals surface area contributed by atoms with Crippen molar-refractivity contribution < 1.29 is 9.32 Å². The minimum absolute atomic E-state index is 0.0499. The Kier molecular flexibility index (Phi) is 3.32. The average molecular weight is 168 g/mol. The zero-order valence-electron chi connectivity index (χ0n) is 7.04. The third kappa shape index (κ3) is 2.74. The minimum atomic E-state index is 0.0499. The molecular weight excluding hydrogens is 156 g/mol. The predicted molar refractivity (Wildman–Crippen MR) is 43.3 cm³/mol. The van der Waals surface area contributed by atoms with Crippen molar-refractivity contribution in [3.05, 3.63) is 18.0 Å². The van der Waals surface area contributed by atoms with Gasteiger partial charge in [-0.3, -0.25) is 4.79 Å². The Morgan fingerprint density at radius 2 is 2.58 bits per heavy atom. The van der Waals surface area contributed by atoms with Gasteiger partial charge in [0.05, 0.1) is 12.7 Å². The minimum Gasteiger partial charge on any atom is -0.360 e. The van der Waals surface area contributed by atoms with Gasteiger partial charge in [-0.25, -0.2) is 0 Å². The lowest BCUT2D eigenvalue weighted by Crippen LogP contribution is -2.21. The molecule has 0 aliphatic rings. The molecule has 0 spiro atoms. The molecule has 4 heteroatoms. The van der Waals surface area contributed by atoms with Crippen molar-refractivity contribution >= 4 is 5.91 Å². The number of nitrogens with zero attached hydrogens (tertiary/aromatic N) is 1. The van der Waals surface area contributed by atoms with Crippen molar-refractivity contribution in [2.45, 2.75) is 26.3 Å². The third-order valence-corrected chi connectivity index (χ3v) is 1.43. The van der Waals surface area contributed by atoms with E-state index >= 15 is 0 Å². The molecule has 1 aromatic rings. The Morgan fingerprint density at radius 1 is 1.75 bits per heavy atom. The molecule has 1 rings (SSSR count). The lowest BCUT2D eigenvalue weighted by Gasteiger charge is -1.99. The Bertz CT molecular complexity index is 231. The summed E-state index contributed by atoms with van der Waals surface area (Å²) in [6.45, 7) is 2.40. The SMILES string of the molecule is CCCC(=O)NCc1ccno1. The highest BCUT2D eigenvalue weighted by Crippen LogP contribution is 1.95. The van der Waals surface area contributed by atoms with Gasteiger partial charge in [-0.15, -0.1) is 0 Å². The number of hydrogen-bond donors (Lipinski definition) is 1. The fraction of sp³-hybridized carbons (Fsp3) is 0.500. The molecule has 0 saturated heterocycles. The van der Waals surface area contributed by atoms with Crippen molar-refractivity contribution in [2.24, 2.45) is 0 Å². The Morgan fingerprint density at radius 3 is 3.17 bits per heavy atom. The van der Waals surface area contributed by atoms with Gasteiger partial charge >= 0.3 is 0 Å². The fourth-order valence-electron chi connectivity index (χ4n) is 0.834. The molecule has 0 radical (unpaired) electrons. The van der Waals surface area contributed by atoms with Gasteiger partial charge in [0, 0.05) is 12.5 Å². The van der Waals surface area contributed by atoms with Crippen LogP contribution in [0.15, 0.2) is 16.8 Å². The molecule has 0 unspecified atom stereocenters. The molecule has 0 aliphatic carbocycles. The molecule has 0 fully saturated rings. The molecule has 4 nitrogen and oxygen atoms in total. The van der Waals surface area contributed by atoms with Gasteiger partial charge in [0.25, 0.3) is 0 Å². The van der Waals surface area contributed by atoms with Crippen LogP contribution in [0.25, 0.3) is 0 Å². The van der Waals surface area contributed by atoms with Crippen LogP contribution in [0, 0.1) is 0 Å². The van der Waals surface area contributed by atoms with Crippen LogP contribution >= 0.6 is 0 Å². The molecule has 1 N–H and O–H groups in total. The molecule has 0 saturated carbocycles. The number of rotatable bonds is 4. The van der Waals surface area contributed by atoms with Crippen molar-refractivity contribution in [1.29, 1.82) is 0 Å². The first-order valence-corrected chi connectivity index (χ1v) is 3.99. The number of amides is 1. The Hall–Kier alpha value is -1.32. The van der Waals surface area contributed by atoms with Gasteiger partial charge in [0.2, 0.25) is 5.91 Å². The summed E-state index contributed by atoms with van der Waals surface area (Å²) in [5.41, 5.74) is 0. The van der Waals surface area contributed by atoms with Crippen LogP contribution in [0.5, 0.6) is 0 Å². The first-order valence-electron chi connectivity index (χ1n) is 3.99. The zero-order chi connectivity index (χ0) is 8.81. The van der Waals surface area contributed by atoms with Crippen LogP contribution < -0.4 is 5.32 Å². The molecular formula is C8H12N2O2. The van der Waals surface area contributed by atoms with Crippen LogP contribution in [0.1, 0.15) is 25.5 Å². The quantitative estimate of drug-likeness (QED) is 0.732. The predicted octanol–water partition coefficient (Wildman–Crippen LogP) is 1.09. The molecule has 1 aromatic heterocycles. The van der Waals surface area contributed by atoms with E-state index in [4.69, 9.17) is 4.52 Å². The Balaban J connectivity index is 2.22. The molecule has 66 valence electrons. The lowest BCUT2D eigenvalue weighted by molar-refractivity contribution is -0.121. The standard InChI is InChI=1S/C8H12N2O2/c1-2-3-8(11)9-6-7-4-5-10-12-7/h4-5H,2-3,6H2,1H3,(H,9,11). The van der Waals surface area contributed by atoms with E-state index in [9.17, 15) is 4.79 Å². The molecule has 0 atom stereocenters. The van der Waals surface area contributed by atoms with Crippen molar-refractivity contribution in [3.63, 3.8) is 0 Å². The highest BCUT2D eigenvalue weighted by atomic mass is 16.5. The number of nitrogens with one attached hydrogen (secondary N) is 1. The summed E-state index contributed by atoms with van der Waals surface area (Å²) in [5, 5.41) is 6.23. The molecule has 0 aliphatic heterocycles. The van der Waals surface area contributed by atoms with E-state index in [-0.39, 0.29) is 5.91 Å². The van der Waals surface area contributed by atoms with Crippen molar-refractivity contribution in [3.8, 4) is 0 Å². The summed E-state index contributed by atoms with van der Waals surface area (Å²) in [4.78, 5) is 11.0. The van der Waals surface area contributed by atoms with Crippen LogP contribution in [-0.2, 0) is 11.3 Å². The van der Waals surface area contributed by atoms with Gasteiger partial charge in [-0.05, 0) is 6.42 Å². The first kappa shape index (κ1) is 8.77. The van der Waals surface area contributed by atoms with Gasteiger partial charge in [-0.1, -0.05) is 12.1 Å². The highest BCUT2D eigenvalue weighted by Gasteiger charge is 2.00. The zero-order valence-corrected chi connectivity index (χ0v) is 7.04. The second kappa shape index (κ2) is 4.54. The Labute approximate surface area is 70.9 Å². The van der Waals surface area contributed by atoms with Crippen molar-refractivity contribution in [2.75, 3.05) is 0 Å². The molecule has 1 heterocycles. The maximum atomic E-state index is 11.0. The van der Waals surface area contributed by atoms with Gasteiger partial charge in [0.1, 0.15) is 0 Å². The average Bonchev–Trinajstić information content (AvgIpc) is 2.53. The summed E-state index contributed by atoms with van der Waals surface area (Å²) in [5.74, 6) is 0.730. The number of aromatic nitrogens is 1. The first-order chi connectivity index (χ1) is 5.83. The molecule has 1 amide bonds. The van der Waals surface area contributed by atoms with Crippen molar-refractivity contribution in [1.82, 2.24) is 10.5 Å². The van der Waals surface area contributed by atoms with E-state index < -0.39 is 0 Å². The number of carbonyl (C=O) groups is 1. The third-order valence-electron chi connectivity index (χ3n) is 1.43. The normalized spacial score (nSPS) is 9.75. The van der Waals surface area contributed by atoms with E-state index in [2.05, 4.69) is 10.5 Å². The second-order valence-corrected chi connectivity index (χ2v) is 2.51. The molecule has 0 aromatic carbocycles. The van der Waals surface area contributed by atoms with E-state index in [1.165, 1.54) is 0 Å². The van der Waals surface area contributed by atoms with Gasteiger partial charge in [0.15, 0.2) is 5.76 Å². The number of hydrogen-bond acceptors (Lipinski definition) is 3.